The minimum absolute atomic E-state index is 0.307. The van der Waals surface area contributed by atoms with Crippen LogP contribution in [0.4, 0.5) is 5.69 Å². The van der Waals surface area contributed by atoms with E-state index in [2.05, 4.69) is 28.8 Å². The number of rotatable bonds is 3. The van der Waals surface area contributed by atoms with Gasteiger partial charge in [0.2, 0.25) is 7.28 Å². The topological polar surface area (TPSA) is 45.5 Å². The number of anilines is 1. The van der Waals surface area contributed by atoms with Crippen LogP contribution in [0.2, 0.25) is 6.82 Å². The van der Waals surface area contributed by atoms with Gasteiger partial charge in [0.15, 0.2) is 0 Å². The predicted molar refractivity (Wildman–Crippen MR) is 96.4 cm³/mol. The van der Waals surface area contributed by atoms with E-state index in [4.69, 9.17) is 4.42 Å². The smallest absolute Gasteiger partial charge is 0.338 e. The Morgan fingerprint density at radius 2 is 2.13 bits per heavy atom. The molecule has 4 nitrogen and oxygen atoms in total. The van der Waals surface area contributed by atoms with E-state index in [0.29, 0.717) is 11.6 Å². The van der Waals surface area contributed by atoms with Gasteiger partial charge in [0.05, 0.1) is 12.2 Å². The fourth-order valence-corrected chi connectivity index (χ4v) is 2.98. The molecule has 23 heavy (non-hydrogen) atoms. The van der Waals surface area contributed by atoms with Gasteiger partial charge in [0.1, 0.15) is 5.58 Å². The molecule has 0 unspecified atom stereocenters. The Kier molecular flexibility index (Phi) is 5.04. The number of fused-ring (bicyclic) bond motifs is 1. The van der Waals surface area contributed by atoms with E-state index in [-0.39, 0.29) is 5.63 Å². The van der Waals surface area contributed by atoms with E-state index >= 15 is 0 Å². The monoisotopic (exact) mass is 308 g/mol. The molecule has 2 heterocycles. The van der Waals surface area contributed by atoms with Gasteiger partial charge < -0.3 is 9.73 Å². The second-order valence-electron chi connectivity index (χ2n) is 5.88. The Morgan fingerprint density at radius 1 is 1.35 bits per heavy atom. The van der Waals surface area contributed by atoms with E-state index < -0.39 is 0 Å². The van der Waals surface area contributed by atoms with Crippen molar-refractivity contribution in [1.29, 1.82) is 0 Å². The van der Waals surface area contributed by atoms with Crippen molar-refractivity contribution < 1.29 is 4.42 Å². The summed E-state index contributed by atoms with van der Waals surface area (Å²) in [5.41, 5.74) is 1.20. The van der Waals surface area contributed by atoms with Crippen molar-refractivity contribution in [3.8, 4) is 11.7 Å². The molecule has 1 fully saturated rings. The molecular weight excluding hydrogens is 287 g/mol. The molecular formula is C18H21BN2O2. The molecule has 0 spiro atoms. The highest BCUT2D eigenvalue weighted by atomic mass is 16.4. The summed E-state index contributed by atoms with van der Waals surface area (Å²) in [6.45, 7) is 5.01. The van der Waals surface area contributed by atoms with Crippen molar-refractivity contribution in [2.24, 2.45) is 0 Å². The van der Waals surface area contributed by atoms with E-state index in [1.807, 2.05) is 24.3 Å². The largest absolute Gasteiger partial charge is 0.423 e. The Hall–Kier alpha value is -2.19. The van der Waals surface area contributed by atoms with Gasteiger partial charge in [0, 0.05) is 30.6 Å². The SMILES string of the molecule is CBC#CCN1CCC(Nc2cc(=O)oc3ccccc23)CC1. The van der Waals surface area contributed by atoms with Crippen molar-refractivity contribution in [3.63, 3.8) is 0 Å². The summed E-state index contributed by atoms with van der Waals surface area (Å²) in [6, 6.07) is 9.59. The molecule has 2 aromatic rings. The lowest BCUT2D eigenvalue weighted by Gasteiger charge is -2.31. The number of hydrogen-bond acceptors (Lipinski definition) is 4. The summed E-state index contributed by atoms with van der Waals surface area (Å²) in [5.74, 6) is 6.32. The normalized spacial score (nSPS) is 15.9. The van der Waals surface area contributed by atoms with Crippen LogP contribution in [0.1, 0.15) is 12.8 Å². The van der Waals surface area contributed by atoms with Crippen LogP contribution in [0, 0.1) is 11.7 Å². The molecule has 1 aromatic heterocycles. The van der Waals surface area contributed by atoms with Gasteiger partial charge in [-0.05, 0) is 25.0 Å². The predicted octanol–water partition coefficient (Wildman–Crippen LogP) is 2.11. The number of nitrogens with zero attached hydrogens (tertiary/aromatic N) is 1. The zero-order valence-corrected chi connectivity index (χ0v) is 13.5. The Morgan fingerprint density at radius 3 is 2.91 bits per heavy atom. The van der Waals surface area contributed by atoms with Crippen molar-refractivity contribution in [1.82, 2.24) is 4.90 Å². The number of hydrogen-bond donors (Lipinski definition) is 1. The number of likely N-dealkylation sites (tertiary alicyclic amines) is 1. The summed E-state index contributed by atoms with van der Waals surface area (Å²) >= 11 is 0. The van der Waals surface area contributed by atoms with Gasteiger partial charge in [-0.25, -0.2) is 4.79 Å². The average Bonchev–Trinajstić information content (AvgIpc) is 2.56. The standard InChI is InChI=1S/C18H21BN2O2/c1-19-9-4-10-21-11-7-14(8-12-21)20-16-13-18(22)23-17-6-3-2-5-15(16)17/h2-3,5-6,13-14,19-20H,7-8,10-12H2,1H3. The van der Waals surface area contributed by atoms with E-state index in [1.165, 1.54) is 0 Å². The van der Waals surface area contributed by atoms with Crippen LogP contribution in [-0.4, -0.2) is 37.9 Å². The highest BCUT2D eigenvalue weighted by Gasteiger charge is 2.19. The Balaban J connectivity index is 1.66. The zero-order valence-electron chi connectivity index (χ0n) is 13.5. The summed E-state index contributed by atoms with van der Waals surface area (Å²) in [7, 11) is 0.918. The summed E-state index contributed by atoms with van der Waals surface area (Å²) in [5, 5.41) is 4.49. The van der Waals surface area contributed by atoms with Crippen LogP contribution < -0.4 is 10.9 Å². The van der Waals surface area contributed by atoms with Crippen molar-refractivity contribution >= 4 is 23.9 Å². The molecule has 0 saturated carbocycles. The zero-order chi connectivity index (χ0) is 16.1. The quantitative estimate of drug-likeness (QED) is 0.536. The van der Waals surface area contributed by atoms with Crippen LogP contribution in [0.25, 0.3) is 11.0 Å². The number of para-hydroxylation sites is 1. The fourth-order valence-electron chi connectivity index (χ4n) is 2.98. The first kappa shape index (κ1) is 15.7. The molecule has 0 aliphatic carbocycles. The number of nitrogens with one attached hydrogen (secondary N) is 1. The van der Waals surface area contributed by atoms with Crippen molar-refractivity contribution in [3.05, 3.63) is 40.8 Å². The molecule has 1 aliphatic heterocycles. The van der Waals surface area contributed by atoms with E-state index in [0.717, 1.165) is 50.8 Å². The van der Waals surface area contributed by atoms with Gasteiger partial charge in [-0.3, -0.25) is 4.90 Å². The molecule has 0 bridgehead atoms. The summed E-state index contributed by atoms with van der Waals surface area (Å²) in [4.78, 5) is 14.1. The van der Waals surface area contributed by atoms with Crippen molar-refractivity contribution in [2.45, 2.75) is 25.7 Å². The highest BCUT2D eigenvalue weighted by Crippen LogP contribution is 2.23. The van der Waals surface area contributed by atoms with Gasteiger partial charge in [0.25, 0.3) is 0 Å². The Labute approximate surface area is 137 Å². The van der Waals surface area contributed by atoms with Gasteiger partial charge in [-0.15, -0.1) is 5.92 Å². The average molecular weight is 308 g/mol. The first-order valence-electron chi connectivity index (χ1n) is 8.24. The van der Waals surface area contributed by atoms with E-state index in [9.17, 15) is 4.79 Å². The summed E-state index contributed by atoms with van der Waals surface area (Å²) < 4.78 is 5.24. The molecule has 1 aromatic carbocycles. The van der Waals surface area contributed by atoms with Crippen LogP contribution in [0.15, 0.2) is 39.5 Å². The minimum Gasteiger partial charge on any atom is -0.423 e. The molecule has 1 aliphatic rings. The fraction of sp³-hybridized carbons (Fsp3) is 0.389. The van der Waals surface area contributed by atoms with Gasteiger partial charge in [-0.2, -0.15) is 5.82 Å². The third-order valence-electron chi connectivity index (χ3n) is 4.20. The maximum Gasteiger partial charge on any atom is 0.338 e. The molecule has 1 N–H and O–H groups in total. The van der Waals surface area contributed by atoms with Crippen LogP contribution in [-0.2, 0) is 0 Å². The lowest BCUT2D eigenvalue weighted by atomic mass is 9.84. The first-order chi connectivity index (χ1) is 11.3. The second kappa shape index (κ2) is 7.39. The van der Waals surface area contributed by atoms with Gasteiger partial charge in [-0.1, -0.05) is 19.0 Å². The maximum atomic E-state index is 11.7. The maximum absolute atomic E-state index is 11.7. The molecule has 0 amide bonds. The first-order valence-corrected chi connectivity index (χ1v) is 8.24. The molecule has 118 valence electrons. The number of piperidine rings is 1. The van der Waals surface area contributed by atoms with Crippen LogP contribution in [0.3, 0.4) is 0 Å². The van der Waals surface area contributed by atoms with Gasteiger partial charge >= 0.3 is 5.63 Å². The second-order valence-corrected chi connectivity index (χ2v) is 5.88. The lowest BCUT2D eigenvalue weighted by molar-refractivity contribution is 0.243. The summed E-state index contributed by atoms with van der Waals surface area (Å²) in [6.07, 6.45) is 2.12. The minimum atomic E-state index is -0.307. The molecule has 1 saturated heterocycles. The van der Waals surface area contributed by atoms with Crippen LogP contribution >= 0.6 is 0 Å². The van der Waals surface area contributed by atoms with E-state index in [1.54, 1.807) is 6.07 Å². The molecule has 0 atom stereocenters. The molecule has 5 heteroatoms. The number of benzene rings is 1. The molecule has 0 radical (unpaired) electrons. The van der Waals surface area contributed by atoms with Crippen molar-refractivity contribution in [2.75, 3.05) is 25.0 Å². The lowest BCUT2D eigenvalue weighted by Crippen LogP contribution is -2.39. The van der Waals surface area contributed by atoms with Crippen LogP contribution in [0.5, 0.6) is 0 Å². The third kappa shape index (κ3) is 3.97. The third-order valence-corrected chi connectivity index (χ3v) is 4.20. The highest BCUT2D eigenvalue weighted by molar-refractivity contribution is 6.44. The Bertz CT molecular complexity index is 783. The molecule has 3 rings (SSSR count).